The second-order valence-corrected chi connectivity index (χ2v) is 4.37. The third-order valence-corrected chi connectivity index (χ3v) is 3.02. The van der Waals surface area contributed by atoms with Gasteiger partial charge in [0.2, 0.25) is 0 Å². The van der Waals surface area contributed by atoms with E-state index in [0.29, 0.717) is 11.5 Å². The maximum atomic E-state index is 9.58. The molecular formula is C14H24ClNO3. The lowest BCUT2D eigenvalue weighted by molar-refractivity contribution is 0.368. The molecule has 1 aromatic carbocycles. The van der Waals surface area contributed by atoms with Crippen molar-refractivity contribution in [1.29, 1.82) is 0 Å². The number of rotatable bonds is 7. The molecule has 0 spiro atoms. The highest BCUT2D eigenvalue weighted by Crippen LogP contribution is 2.38. The highest BCUT2D eigenvalue weighted by Gasteiger charge is 2.18. The third-order valence-electron chi connectivity index (χ3n) is 3.02. The minimum atomic E-state index is -0.137. The molecule has 0 bridgehead atoms. The van der Waals surface area contributed by atoms with E-state index in [4.69, 9.17) is 15.2 Å². The summed E-state index contributed by atoms with van der Waals surface area (Å²) in [5, 5.41) is 9.58. The zero-order chi connectivity index (χ0) is 13.5. The van der Waals surface area contributed by atoms with Crippen LogP contribution in [0.25, 0.3) is 0 Å². The fraction of sp³-hybridized carbons (Fsp3) is 0.571. The van der Waals surface area contributed by atoms with E-state index in [9.17, 15) is 5.11 Å². The molecule has 110 valence electrons. The molecule has 1 aromatic rings. The van der Waals surface area contributed by atoms with Crippen molar-refractivity contribution < 1.29 is 14.6 Å². The zero-order valence-electron chi connectivity index (χ0n) is 11.8. The largest absolute Gasteiger partial charge is 0.508 e. The lowest BCUT2D eigenvalue weighted by Crippen LogP contribution is -2.13. The van der Waals surface area contributed by atoms with Crippen LogP contribution in [-0.4, -0.2) is 19.3 Å². The topological polar surface area (TPSA) is 64.7 Å². The Bertz CT molecular complexity index is 360. The molecule has 0 unspecified atom stereocenters. The van der Waals surface area contributed by atoms with E-state index in [1.165, 1.54) is 0 Å². The van der Waals surface area contributed by atoms with E-state index in [-0.39, 0.29) is 24.2 Å². The van der Waals surface area contributed by atoms with Crippen molar-refractivity contribution in [1.82, 2.24) is 0 Å². The highest BCUT2D eigenvalue weighted by atomic mass is 35.5. The Morgan fingerprint density at radius 3 is 2.11 bits per heavy atom. The third kappa shape index (κ3) is 4.80. The normalized spacial score (nSPS) is 11.6. The molecule has 19 heavy (non-hydrogen) atoms. The first kappa shape index (κ1) is 17.9. The first-order valence-corrected chi connectivity index (χ1v) is 6.34. The number of unbranched alkanes of at least 4 members (excludes halogenated alkanes) is 2. The minimum Gasteiger partial charge on any atom is -0.508 e. The average molecular weight is 290 g/mol. The molecule has 0 aliphatic rings. The predicted molar refractivity (Wildman–Crippen MR) is 79.5 cm³/mol. The van der Waals surface area contributed by atoms with Gasteiger partial charge in [0.25, 0.3) is 0 Å². The number of ether oxygens (including phenoxy) is 2. The van der Waals surface area contributed by atoms with Crippen molar-refractivity contribution in [2.24, 2.45) is 5.73 Å². The fourth-order valence-corrected chi connectivity index (χ4v) is 2.05. The number of nitrogens with two attached hydrogens (primary N) is 1. The van der Waals surface area contributed by atoms with Gasteiger partial charge in [-0.1, -0.05) is 26.2 Å². The second kappa shape index (κ2) is 8.88. The van der Waals surface area contributed by atoms with Gasteiger partial charge in [-0.3, -0.25) is 0 Å². The number of methoxy groups -OCH3 is 2. The first-order chi connectivity index (χ1) is 8.63. The van der Waals surface area contributed by atoms with E-state index >= 15 is 0 Å². The van der Waals surface area contributed by atoms with Gasteiger partial charge in [0, 0.05) is 18.2 Å². The van der Waals surface area contributed by atoms with Crippen LogP contribution in [0.4, 0.5) is 0 Å². The number of phenolic OH excluding ortho intramolecular Hbond substituents is 1. The van der Waals surface area contributed by atoms with E-state index in [2.05, 4.69) is 6.92 Å². The predicted octanol–water partition coefficient (Wildman–Crippen LogP) is 3.41. The van der Waals surface area contributed by atoms with Gasteiger partial charge in [-0.15, -0.1) is 12.4 Å². The van der Waals surface area contributed by atoms with Crippen molar-refractivity contribution >= 4 is 12.4 Å². The molecular weight excluding hydrogens is 266 g/mol. The van der Waals surface area contributed by atoms with Crippen molar-refractivity contribution in [3.05, 3.63) is 17.7 Å². The second-order valence-electron chi connectivity index (χ2n) is 4.37. The lowest BCUT2D eigenvalue weighted by Gasteiger charge is -2.19. The summed E-state index contributed by atoms with van der Waals surface area (Å²) in [4.78, 5) is 0. The number of aromatic hydroxyl groups is 1. The summed E-state index contributed by atoms with van der Waals surface area (Å²) in [5.74, 6) is 1.28. The Morgan fingerprint density at radius 2 is 1.68 bits per heavy atom. The van der Waals surface area contributed by atoms with Crippen LogP contribution < -0.4 is 15.2 Å². The number of phenols is 1. The quantitative estimate of drug-likeness (QED) is 0.755. The van der Waals surface area contributed by atoms with Crippen molar-refractivity contribution in [2.45, 2.75) is 38.6 Å². The van der Waals surface area contributed by atoms with Crippen LogP contribution in [0.1, 0.15) is 44.2 Å². The van der Waals surface area contributed by atoms with Crippen LogP contribution in [-0.2, 0) is 0 Å². The lowest BCUT2D eigenvalue weighted by atomic mass is 9.99. The van der Waals surface area contributed by atoms with Crippen LogP contribution in [0.2, 0.25) is 0 Å². The van der Waals surface area contributed by atoms with Gasteiger partial charge in [0.05, 0.1) is 19.8 Å². The molecule has 0 saturated carbocycles. The van der Waals surface area contributed by atoms with Crippen molar-refractivity contribution in [3.63, 3.8) is 0 Å². The van der Waals surface area contributed by atoms with Crippen LogP contribution >= 0.6 is 12.4 Å². The van der Waals surface area contributed by atoms with Crippen LogP contribution in [0.3, 0.4) is 0 Å². The van der Waals surface area contributed by atoms with Gasteiger partial charge >= 0.3 is 0 Å². The smallest absolute Gasteiger partial charge is 0.131 e. The molecule has 0 aliphatic carbocycles. The van der Waals surface area contributed by atoms with Gasteiger partial charge in [-0.2, -0.15) is 0 Å². The molecule has 0 heterocycles. The summed E-state index contributed by atoms with van der Waals surface area (Å²) >= 11 is 0. The molecule has 0 amide bonds. The molecule has 0 aliphatic heterocycles. The SMILES string of the molecule is CCCCC[C@@H](N)c1c(OC)cc(O)cc1OC.Cl. The van der Waals surface area contributed by atoms with Crippen LogP contribution in [0, 0.1) is 0 Å². The minimum absolute atomic E-state index is 0. The molecule has 0 fully saturated rings. The number of hydrogen-bond donors (Lipinski definition) is 2. The Labute approximate surface area is 121 Å². The highest BCUT2D eigenvalue weighted by molar-refractivity contribution is 5.85. The van der Waals surface area contributed by atoms with Gasteiger partial charge < -0.3 is 20.3 Å². The number of benzene rings is 1. The van der Waals surface area contributed by atoms with Gasteiger partial charge in [0.15, 0.2) is 0 Å². The van der Waals surface area contributed by atoms with Crippen molar-refractivity contribution in [3.8, 4) is 17.2 Å². The van der Waals surface area contributed by atoms with Crippen molar-refractivity contribution in [2.75, 3.05) is 14.2 Å². The summed E-state index contributed by atoms with van der Waals surface area (Å²) in [7, 11) is 3.13. The molecule has 4 nitrogen and oxygen atoms in total. The molecule has 1 atom stereocenters. The number of halogens is 1. The molecule has 5 heteroatoms. The van der Waals surface area contributed by atoms with Crippen LogP contribution in [0.5, 0.6) is 17.2 Å². The molecule has 1 rings (SSSR count). The summed E-state index contributed by atoms with van der Waals surface area (Å²) in [6.45, 7) is 2.16. The Morgan fingerprint density at radius 1 is 1.16 bits per heavy atom. The summed E-state index contributed by atoms with van der Waals surface area (Å²) in [6.07, 6.45) is 4.28. The molecule has 3 N–H and O–H groups in total. The van der Waals surface area contributed by atoms with Gasteiger partial charge in [-0.05, 0) is 6.42 Å². The van der Waals surface area contributed by atoms with E-state index in [1.807, 2.05) is 0 Å². The number of hydrogen-bond acceptors (Lipinski definition) is 4. The van der Waals surface area contributed by atoms with Crippen LogP contribution in [0.15, 0.2) is 12.1 Å². The van der Waals surface area contributed by atoms with E-state index in [0.717, 1.165) is 31.2 Å². The van der Waals surface area contributed by atoms with E-state index in [1.54, 1.807) is 26.4 Å². The average Bonchev–Trinajstić information content (AvgIpc) is 2.37. The maximum Gasteiger partial charge on any atom is 0.131 e. The standard InChI is InChI=1S/C14H23NO3.ClH/c1-4-5-6-7-11(15)14-12(17-2)8-10(16)9-13(14)18-3;/h8-9,11,16H,4-7,15H2,1-3H3;1H/t11-;/m1./s1. The monoisotopic (exact) mass is 289 g/mol. The zero-order valence-corrected chi connectivity index (χ0v) is 12.6. The molecule has 0 aromatic heterocycles. The maximum absolute atomic E-state index is 9.58. The fourth-order valence-electron chi connectivity index (χ4n) is 2.05. The summed E-state index contributed by atoms with van der Waals surface area (Å²) < 4.78 is 10.6. The Hall–Kier alpha value is -1.13. The Balaban J connectivity index is 0.00000324. The molecule has 0 saturated heterocycles. The first-order valence-electron chi connectivity index (χ1n) is 6.34. The Kier molecular flexibility index (Phi) is 8.35. The molecule has 0 radical (unpaired) electrons. The van der Waals surface area contributed by atoms with Gasteiger partial charge in [0.1, 0.15) is 17.2 Å². The summed E-state index contributed by atoms with van der Waals surface area (Å²) in [5.41, 5.74) is 7.02. The summed E-state index contributed by atoms with van der Waals surface area (Å²) in [6, 6.07) is 3.00. The van der Waals surface area contributed by atoms with E-state index < -0.39 is 0 Å². The van der Waals surface area contributed by atoms with Gasteiger partial charge in [-0.25, -0.2) is 0 Å².